The number of aliphatic carboxylic acids is 1. The molecule has 2 aromatic heterocycles. The minimum atomic E-state index is -5.08. The number of guanidine groups is 1. The SMILES string of the molecule is Cc1cnc2c(S(=O)(=O)Nc3c(C(CCONC(=N)N)C(N)=O)cc(C)[nH]c3=O)cccc2c1.O=C(O)C(F)(F)F. The van der Waals surface area contributed by atoms with E-state index in [1.165, 1.54) is 12.1 Å². The molecule has 2 heterocycles. The van der Waals surface area contributed by atoms with E-state index < -0.39 is 45.5 Å². The number of H-pyrrole nitrogens is 1. The summed E-state index contributed by atoms with van der Waals surface area (Å²) in [7, 11) is -4.28. The van der Waals surface area contributed by atoms with Crippen LogP contribution in [0.15, 0.2) is 46.2 Å². The van der Waals surface area contributed by atoms with Gasteiger partial charge in [-0.3, -0.25) is 29.5 Å². The van der Waals surface area contributed by atoms with Crippen molar-refractivity contribution in [2.24, 2.45) is 11.5 Å². The molecule has 0 aliphatic heterocycles. The zero-order valence-corrected chi connectivity index (χ0v) is 22.3. The van der Waals surface area contributed by atoms with E-state index in [9.17, 15) is 31.2 Å². The topological polar surface area (TPSA) is 243 Å². The summed E-state index contributed by atoms with van der Waals surface area (Å²) in [5.74, 6) is -5.05. The summed E-state index contributed by atoms with van der Waals surface area (Å²) >= 11 is 0. The van der Waals surface area contributed by atoms with E-state index in [-0.39, 0.29) is 34.7 Å². The van der Waals surface area contributed by atoms with Gasteiger partial charge in [0.1, 0.15) is 10.6 Å². The summed E-state index contributed by atoms with van der Waals surface area (Å²) in [5.41, 5.74) is 13.4. The van der Waals surface area contributed by atoms with Crippen LogP contribution in [0.3, 0.4) is 0 Å². The van der Waals surface area contributed by atoms with E-state index in [0.29, 0.717) is 11.1 Å². The van der Waals surface area contributed by atoms with Crippen molar-refractivity contribution >= 4 is 44.4 Å². The standard InChI is InChI=1S/C21H25N7O5S.C2HF3O2/c1-11-8-13-4-3-5-16(17(13)25-10-11)34(31,32)28-18-15(9-12(2)26-20(18)30)14(19(22)29)6-7-33-27-21(23)24;3-2(4,5)1(6)7/h3-5,8-10,14,28H,6-7H2,1-2H3,(H2,22,29)(H,26,30)(H4,23,24,27);(H,6,7). The number of amides is 1. The van der Waals surface area contributed by atoms with Crippen LogP contribution in [0.2, 0.25) is 0 Å². The molecule has 0 bridgehead atoms. The molecular formula is C23H26F3N7O7S. The lowest BCUT2D eigenvalue weighted by atomic mass is 9.94. The number of fused-ring (bicyclic) bond motifs is 1. The third kappa shape index (κ3) is 8.90. The molecule has 0 fully saturated rings. The number of benzene rings is 1. The van der Waals surface area contributed by atoms with Gasteiger partial charge in [-0.2, -0.15) is 13.2 Å². The van der Waals surface area contributed by atoms with Gasteiger partial charge in [0.15, 0.2) is 0 Å². The van der Waals surface area contributed by atoms with E-state index in [1.54, 1.807) is 31.3 Å². The van der Waals surface area contributed by atoms with Gasteiger partial charge in [-0.05, 0) is 49.6 Å². The first kappa shape index (κ1) is 32.5. The lowest BCUT2D eigenvalue weighted by Crippen LogP contribution is -2.32. The summed E-state index contributed by atoms with van der Waals surface area (Å²) in [6.07, 6.45) is -3.55. The number of aromatic nitrogens is 2. The van der Waals surface area contributed by atoms with Gasteiger partial charge in [-0.25, -0.2) is 18.7 Å². The molecule has 0 spiro atoms. The molecule has 3 rings (SSSR count). The molecule has 3 aromatic rings. The molecule has 41 heavy (non-hydrogen) atoms. The van der Waals surface area contributed by atoms with Crippen molar-refractivity contribution in [2.45, 2.75) is 37.3 Å². The second-order valence-electron chi connectivity index (χ2n) is 8.47. The number of alkyl halides is 3. The van der Waals surface area contributed by atoms with Crippen LogP contribution in [-0.4, -0.2) is 54.1 Å². The van der Waals surface area contributed by atoms with Gasteiger partial charge in [0, 0.05) is 17.3 Å². The Morgan fingerprint density at radius 2 is 1.85 bits per heavy atom. The molecule has 222 valence electrons. The van der Waals surface area contributed by atoms with Crippen molar-refractivity contribution in [3.05, 3.63) is 63.7 Å². The molecule has 1 aromatic carbocycles. The highest BCUT2D eigenvalue weighted by atomic mass is 32.2. The number of aromatic amines is 1. The molecule has 1 amide bonds. The normalized spacial score (nSPS) is 12.1. The van der Waals surface area contributed by atoms with Gasteiger partial charge in [0.05, 0.1) is 18.0 Å². The Morgan fingerprint density at radius 1 is 1.22 bits per heavy atom. The van der Waals surface area contributed by atoms with Crippen molar-refractivity contribution in [3.8, 4) is 0 Å². The zero-order valence-electron chi connectivity index (χ0n) is 21.5. The number of carboxylic acid groups (broad SMARTS) is 1. The number of rotatable bonds is 9. The van der Waals surface area contributed by atoms with Crippen LogP contribution < -0.4 is 27.2 Å². The number of halogens is 3. The van der Waals surface area contributed by atoms with Gasteiger partial charge in [-0.1, -0.05) is 12.1 Å². The maximum atomic E-state index is 13.3. The van der Waals surface area contributed by atoms with Crippen LogP contribution in [0.1, 0.15) is 29.2 Å². The Balaban J connectivity index is 0.000000745. The van der Waals surface area contributed by atoms with Gasteiger partial charge < -0.3 is 21.6 Å². The highest BCUT2D eigenvalue weighted by Crippen LogP contribution is 2.29. The second-order valence-corrected chi connectivity index (χ2v) is 10.1. The summed E-state index contributed by atoms with van der Waals surface area (Å²) in [5, 5.41) is 14.8. The van der Waals surface area contributed by atoms with Gasteiger partial charge in [0.25, 0.3) is 15.6 Å². The van der Waals surface area contributed by atoms with Crippen LogP contribution >= 0.6 is 0 Å². The zero-order chi connectivity index (χ0) is 31.1. The number of nitrogens with two attached hydrogens (primary N) is 2. The lowest BCUT2D eigenvalue weighted by molar-refractivity contribution is -0.192. The minimum absolute atomic E-state index is 0.0116. The Morgan fingerprint density at radius 3 is 2.41 bits per heavy atom. The van der Waals surface area contributed by atoms with Crippen LogP contribution in [0, 0.1) is 19.3 Å². The summed E-state index contributed by atoms with van der Waals surface area (Å²) < 4.78 is 60.7. The number of carbonyl (C=O) groups excluding carboxylic acids is 1. The van der Waals surface area contributed by atoms with E-state index >= 15 is 0 Å². The molecule has 0 aliphatic carbocycles. The fourth-order valence-corrected chi connectivity index (χ4v) is 4.77. The minimum Gasteiger partial charge on any atom is -0.475 e. The third-order valence-electron chi connectivity index (χ3n) is 5.19. The lowest BCUT2D eigenvalue weighted by Gasteiger charge is -2.19. The van der Waals surface area contributed by atoms with Crippen LogP contribution in [0.5, 0.6) is 0 Å². The predicted molar refractivity (Wildman–Crippen MR) is 140 cm³/mol. The van der Waals surface area contributed by atoms with Crippen molar-refractivity contribution < 1.29 is 41.1 Å². The Hall–Kier alpha value is -4.71. The third-order valence-corrected chi connectivity index (χ3v) is 6.57. The van der Waals surface area contributed by atoms with Gasteiger partial charge in [-0.15, -0.1) is 0 Å². The quantitative estimate of drug-likeness (QED) is 0.0803. The first-order chi connectivity index (χ1) is 18.9. The van der Waals surface area contributed by atoms with Crippen LogP contribution in [0.4, 0.5) is 18.9 Å². The average Bonchev–Trinajstić information content (AvgIpc) is 2.84. The second kappa shape index (κ2) is 13.1. The molecule has 0 saturated heterocycles. The van der Waals surface area contributed by atoms with Gasteiger partial charge in [0.2, 0.25) is 11.9 Å². The number of hydrogen-bond donors (Lipinski definition) is 7. The number of carboxylic acids is 1. The average molecular weight is 602 g/mol. The smallest absolute Gasteiger partial charge is 0.475 e. The van der Waals surface area contributed by atoms with E-state index in [2.05, 4.69) is 20.2 Å². The highest BCUT2D eigenvalue weighted by Gasteiger charge is 2.38. The Labute approximate surface area is 230 Å². The van der Waals surface area contributed by atoms with Crippen molar-refractivity contribution in [1.29, 1.82) is 5.41 Å². The van der Waals surface area contributed by atoms with Crippen molar-refractivity contribution in [3.63, 3.8) is 0 Å². The number of para-hydroxylation sites is 1. The highest BCUT2D eigenvalue weighted by molar-refractivity contribution is 7.93. The first-order valence-corrected chi connectivity index (χ1v) is 12.9. The number of hydroxylamine groups is 1. The number of carbonyl (C=O) groups is 2. The Kier molecular flexibility index (Phi) is 10.4. The number of primary amides is 1. The van der Waals surface area contributed by atoms with Crippen molar-refractivity contribution in [2.75, 3.05) is 11.3 Å². The molecule has 14 nitrogen and oxygen atoms in total. The molecule has 0 saturated carbocycles. The fourth-order valence-electron chi connectivity index (χ4n) is 3.50. The summed E-state index contributed by atoms with van der Waals surface area (Å²) in [4.78, 5) is 45.5. The fraction of sp³-hybridized carbons (Fsp3) is 0.261. The largest absolute Gasteiger partial charge is 0.490 e. The summed E-state index contributed by atoms with van der Waals surface area (Å²) in [6, 6.07) is 7.95. The molecule has 0 radical (unpaired) electrons. The number of nitrogens with zero attached hydrogens (tertiary/aromatic N) is 1. The van der Waals surface area contributed by atoms with Crippen LogP contribution in [-0.2, 0) is 24.4 Å². The Bertz CT molecular complexity index is 1630. The number of sulfonamides is 1. The summed E-state index contributed by atoms with van der Waals surface area (Å²) in [6.45, 7) is 3.33. The number of aryl methyl sites for hydroxylation is 2. The van der Waals surface area contributed by atoms with Crippen molar-refractivity contribution in [1.82, 2.24) is 15.4 Å². The number of nitrogens with one attached hydrogen (secondary N) is 4. The monoisotopic (exact) mass is 601 g/mol. The molecule has 0 aliphatic rings. The molecule has 18 heteroatoms. The van der Waals surface area contributed by atoms with E-state index in [4.69, 9.17) is 31.6 Å². The predicted octanol–water partition coefficient (Wildman–Crippen LogP) is 1.35. The maximum absolute atomic E-state index is 13.3. The maximum Gasteiger partial charge on any atom is 0.490 e. The van der Waals surface area contributed by atoms with E-state index in [0.717, 1.165) is 5.56 Å². The molecule has 1 atom stereocenters. The first-order valence-electron chi connectivity index (χ1n) is 11.4. The number of anilines is 1. The molecule has 9 N–H and O–H groups in total. The number of pyridine rings is 2. The van der Waals surface area contributed by atoms with Gasteiger partial charge >= 0.3 is 12.1 Å². The van der Waals surface area contributed by atoms with Crippen LogP contribution in [0.25, 0.3) is 10.9 Å². The molecular weight excluding hydrogens is 575 g/mol. The molecule has 1 unspecified atom stereocenters. The van der Waals surface area contributed by atoms with E-state index in [1.807, 2.05) is 6.92 Å². The number of hydrogen-bond acceptors (Lipinski definition) is 8.